The second-order valence-electron chi connectivity index (χ2n) is 6.38. The molecule has 2 aliphatic heterocycles. The average Bonchev–Trinajstić information content (AvgIpc) is 2.91. The Morgan fingerprint density at radius 2 is 1.78 bits per heavy atom. The first-order valence-corrected chi connectivity index (χ1v) is 7.94. The molecule has 6 heteroatoms. The topological polar surface area (TPSA) is 62.3 Å². The maximum atomic E-state index is 11.9. The molecule has 2 aliphatic rings. The van der Waals surface area contributed by atoms with Gasteiger partial charge in [0.1, 0.15) is 37.4 Å². The molecule has 0 bridgehead atoms. The highest BCUT2D eigenvalue weighted by atomic mass is 16.7. The summed E-state index contributed by atoms with van der Waals surface area (Å²) >= 11 is 0. The first-order chi connectivity index (χ1) is 11.1. The van der Waals surface area contributed by atoms with Gasteiger partial charge >= 0.3 is 5.63 Å². The number of fused-ring (bicyclic) bond motifs is 2. The van der Waals surface area contributed by atoms with Crippen molar-refractivity contribution in [3.63, 3.8) is 0 Å². The summed E-state index contributed by atoms with van der Waals surface area (Å²) in [6, 6.07) is 5.23. The van der Waals surface area contributed by atoms with E-state index < -0.39 is 0 Å². The van der Waals surface area contributed by atoms with Crippen molar-refractivity contribution < 1.29 is 23.5 Å². The van der Waals surface area contributed by atoms with Gasteiger partial charge in [0.2, 0.25) is 6.79 Å². The van der Waals surface area contributed by atoms with Crippen LogP contribution in [0.25, 0.3) is 11.0 Å². The van der Waals surface area contributed by atoms with Crippen LogP contribution in [-0.2, 0) is 11.3 Å². The smallest absolute Gasteiger partial charge is 0.336 e. The van der Waals surface area contributed by atoms with E-state index in [4.69, 9.17) is 18.6 Å². The van der Waals surface area contributed by atoms with Crippen molar-refractivity contribution in [3.8, 4) is 11.5 Å². The van der Waals surface area contributed by atoms with E-state index in [2.05, 4.69) is 13.8 Å². The lowest BCUT2D eigenvalue weighted by Crippen LogP contribution is -3.14. The van der Waals surface area contributed by atoms with Crippen LogP contribution < -0.4 is 20.0 Å². The normalized spacial score (nSPS) is 26.6. The monoisotopic (exact) mass is 318 g/mol. The summed E-state index contributed by atoms with van der Waals surface area (Å²) in [6.07, 6.45) is 0.447. The van der Waals surface area contributed by atoms with Crippen molar-refractivity contribution in [2.75, 3.05) is 19.9 Å². The lowest BCUT2D eigenvalue weighted by atomic mass is 10.1. The fourth-order valence-electron chi connectivity index (χ4n) is 3.57. The average molecular weight is 318 g/mol. The van der Waals surface area contributed by atoms with Gasteiger partial charge in [-0.3, -0.25) is 0 Å². The summed E-state index contributed by atoms with van der Waals surface area (Å²) in [5.41, 5.74) is 1.19. The van der Waals surface area contributed by atoms with E-state index in [9.17, 15) is 4.79 Å². The Balaban J connectivity index is 1.72. The molecule has 0 radical (unpaired) electrons. The van der Waals surface area contributed by atoms with Crippen molar-refractivity contribution in [3.05, 3.63) is 34.2 Å². The van der Waals surface area contributed by atoms with E-state index in [1.807, 2.05) is 6.07 Å². The molecular formula is C17H20NO5+. The molecule has 0 amide bonds. The largest absolute Gasteiger partial charge is 0.454 e. The number of morpholine rings is 1. The van der Waals surface area contributed by atoms with Gasteiger partial charge in [0, 0.05) is 23.1 Å². The van der Waals surface area contributed by atoms with Crippen LogP contribution in [0.4, 0.5) is 0 Å². The summed E-state index contributed by atoms with van der Waals surface area (Å²) in [5, 5.41) is 0.910. The molecule has 122 valence electrons. The molecule has 4 rings (SSSR count). The second-order valence-corrected chi connectivity index (χ2v) is 6.38. The number of quaternary nitrogens is 1. The van der Waals surface area contributed by atoms with E-state index in [1.165, 1.54) is 4.90 Å². The van der Waals surface area contributed by atoms with Crippen LogP contribution in [-0.4, -0.2) is 32.1 Å². The first kappa shape index (κ1) is 14.5. The van der Waals surface area contributed by atoms with E-state index in [-0.39, 0.29) is 24.6 Å². The molecule has 1 N–H and O–H groups in total. The number of rotatable bonds is 2. The summed E-state index contributed by atoms with van der Waals surface area (Å²) < 4.78 is 21.9. The van der Waals surface area contributed by atoms with Gasteiger partial charge in [-0.05, 0) is 19.9 Å². The molecule has 1 aromatic carbocycles. The number of nitrogens with one attached hydrogen (secondary N) is 1. The van der Waals surface area contributed by atoms with Gasteiger partial charge in [0.05, 0.1) is 0 Å². The Morgan fingerprint density at radius 3 is 2.52 bits per heavy atom. The molecule has 2 aromatic rings. The van der Waals surface area contributed by atoms with E-state index in [1.54, 1.807) is 12.1 Å². The lowest BCUT2D eigenvalue weighted by Gasteiger charge is -2.32. The van der Waals surface area contributed by atoms with Gasteiger partial charge in [0.25, 0.3) is 0 Å². The summed E-state index contributed by atoms with van der Waals surface area (Å²) in [5.74, 6) is 1.32. The zero-order valence-corrected chi connectivity index (χ0v) is 13.3. The standard InChI is InChI=1S/C17H19NO5/c1-10-6-18(7-11(2)22-10)8-12-3-17(19)23-14-5-16-15(4-13(12)14)20-9-21-16/h3-5,10-11H,6-9H2,1-2H3/p+1/t10-,11-/m1/s1. The van der Waals surface area contributed by atoms with Crippen molar-refractivity contribution in [1.82, 2.24) is 0 Å². The molecule has 23 heavy (non-hydrogen) atoms. The van der Waals surface area contributed by atoms with Crippen molar-refractivity contribution in [2.24, 2.45) is 0 Å². The predicted octanol–water partition coefficient (Wildman–Crippen LogP) is 0.714. The Kier molecular flexibility index (Phi) is 3.50. The van der Waals surface area contributed by atoms with Gasteiger partial charge < -0.3 is 23.5 Å². The zero-order chi connectivity index (χ0) is 16.0. The third-order valence-electron chi connectivity index (χ3n) is 4.38. The molecule has 1 aromatic heterocycles. The predicted molar refractivity (Wildman–Crippen MR) is 83.0 cm³/mol. The van der Waals surface area contributed by atoms with Crippen molar-refractivity contribution >= 4 is 11.0 Å². The lowest BCUT2D eigenvalue weighted by molar-refractivity contribution is -0.928. The highest BCUT2D eigenvalue weighted by Gasteiger charge is 2.27. The first-order valence-electron chi connectivity index (χ1n) is 7.94. The maximum Gasteiger partial charge on any atom is 0.336 e. The minimum Gasteiger partial charge on any atom is -0.454 e. The molecule has 1 fully saturated rings. The highest BCUT2D eigenvalue weighted by molar-refractivity contribution is 5.84. The number of hydrogen-bond acceptors (Lipinski definition) is 5. The Labute approximate surface area is 133 Å². The fraction of sp³-hybridized carbons (Fsp3) is 0.471. The zero-order valence-electron chi connectivity index (χ0n) is 13.3. The van der Waals surface area contributed by atoms with E-state index in [0.29, 0.717) is 17.1 Å². The third kappa shape index (κ3) is 2.80. The minimum atomic E-state index is -0.333. The molecule has 0 saturated carbocycles. The van der Waals surface area contributed by atoms with Crippen LogP contribution in [0.1, 0.15) is 19.4 Å². The fourth-order valence-corrected chi connectivity index (χ4v) is 3.57. The number of ether oxygens (including phenoxy) is 3. The van der Waals surface area contributed by atoms with Crippen LogP contribution >= 0.6 is 0 Å². The molecular weight excluding hydrogens is 298 g/mol. The number of hydrogen-bond donors (Lipinski definition) is 1. The molecule has 6 nitrogen and oxygen atoms in total. The Morgan fingerprint density at radius 1 is 1.09 bits per heavy atom. The quantitative estimate of drug-likeness (QED) is 0.827. The molecule has 1 saturated heterocycles. The summed E-state index contributed by atoms with van der Waals surface area (Å²) in [7, 11) is 0. The minimum absolute atomic E-state index is 0.203. The Bertz CT molecular complexity index is 789. The van der Waals surface area contributed by atoms with Crippen LogP contribution in [0.2, 0.25) is 0 Å². The second kappa shape index (κ2) is 5.54. The molecule has 2 atom stereocenters. The van der Waals surface area contributed by atoms with Gasteiger partial charge in [-0.25, -0.2) is 4.79 Å². The SMILES string of the molecule is C[C@@H]1C[NH+](Cc2cc(=O)oc3cc4c(cc23)OCO4)C[C@@H](C)O1. The van der Waals surface area contributed by atoms with Crippen LogP contribution in [0, 0.1) is 0 Å². The molecule has 0 unspecified atom stereocenters. The highest BCUT2D eigenvalue weighted by Crippen LogP contribution is 2.36. The van der Waals surface area contributed by atoms with E-state index in [0.717, 1.165) is 30.6 Å². The van der Waals surface area contributed by atoms with Crippen molar-refractivity contribution in [2.45, 2.75) is 32.6 Å². The molecule has 0 aliphatic carbocycles. The summed E-state index contributed by atoms with van der Waals surface area (Å²) in [4.78, 5) is 13.3. The number of benzene rings is 1. The van der Waals surface area contributed by atoms with E-state index >= 15 is 0 Å². The Hall–Kier alpha value is -2.05. The van der Waals surface area contributed by atoms with Crippen LogP contribution in [0.15, 0.2) is 27.4 Å². The van der Waals surface area contributed by atoms with Crippen LogP contribution in [0.5, 0.6) is 11.5 Å². The molecule has 0 spiro atoms. The van der Waals surface area contributed by atoms with Gasteiger partial charge in [0.15, 0.2) is 11.5 Å². The van der Waals surface area contributed by atoms with Gasteiger partial charge in [-0.15, -0.1) is 0 Å². The third-order valence-corrected chi connectivity index (χ3v) is 4.38. The van der Waals surface area contributed by atoms with Gasteiger partial charge in [-0.1, -0.05) is 0 Å². The van der Waals surface area contributed by atoms with Gasteiger partial charge in [-0.2, -0.15) is 0 Å². The maximum absolute atomic E-state index is 11.9. The van der Waals surface area contributed by atoms with Crippen molar-refractivity contribution in [1.29, 1.82) is 0 Å². The summed E-state index contributed by atoms with van der Waals surface area (Å²) in [6.45, 7) is 7.00. The molecule has 3 heterocycles. The van der Waals surface area contributed by atoms with Crippen LogP contribution in [0.3, 0.4) is 0 Å².